The molecule has 0 aliphatic heterocycles. The highest BCUT2D eigenvalue weighted by molar-refractivity contribution is 5.62. The average Bonchev–Trinajstić information content (AvgIpc) is 3.06. The van der Waals surface area contributed by atoms with Crippen LogP contribution in [-0.2, 0) is 4.74 Å². The number of ether oxygens (including phenoxy) is 1. The van der Waals surface area contributed by atoms with Crippen LogP contribution in [0.2, 0.25) is 0 Å². The third-order valence-electron chi connectivity index (χ3n) is 3.89. The highest BCUT2D eigenvalue weighted by Gasteiger charge is 2.28. The Morgan fingerprint density at radius 3 is 2.85 bits per heavy atom. The lowest BCUT2D eigenvalue weighted by molar-refractivity contribution is 0.105. The summed E-state index contributed by atoms with van der Waals surface area (Å²) >= 11 is 0. The van der Waals surface area contributed by atoms with E-state index >= 15 is 0 Å². The standard InChI is InChI=1S/C14H19N5O/c1-9-5-10(7-11(15)6-9)14-16-17-18-19(14)12-3-4-13(8-12)20-2/h5-7,12-13H,3-4,8,15H2,1-2H3. The predicted octanol–water partition coefficient (Wildman–Crippen LogP) is 1.97. The fourth-order valence-corrected chi connectivity index (χ4v) is 2.93. The number of hydrogen-bond acceptors (Lipinski definition) is 5. The molecule has 6 heteroatoms. The van der Waals surface area contributed by atoms with Crippen LogP contribution in [0.25, 0.3) is 11.4 Å². The second-order valence-corrected chi connectivity index (χ2v) is 5.40. The van der Waals surface area contributed by atoms with Crippen LogP contribution < -0.4 is 5.73 Å². The van der Waals surface area contributed by atoms with Crippen molar-refractivity contribution < 1.29 is 4.74 Å². The molecular weight excluding hydrogens is 254 g/mol. The smallest absolute Gasteiger partial charge is 0.182 e. The lowest BCUT2D eigenvalue weighted by Crippen LogP contribution is -2.11. The molecule has 1 heterocycles. The first kappa shape index (κ1) is 13.1. The van der Waals surface area contributed by atoms with Crippen LogP contribution in [0.3, 0.4) is 0 Å². The van der Waals surface area contributed by atoms with E-state index < -0.39 is 0 Å². The maximum absolute atomic E-state index is 5.91. The minimum Gasteiger partial charge on any atom is -0.399 e. The zero-order chi connectivity index (χ0) is 14.1. The van der Waals surface area contributed by atoms with E-state index in [0.29, 0.717) is 12.1 Å². The molecule has 1 aromatic carbocycles. The first-order chi connectivity index (χ1) is 9.67. The van der Waals surface area contributed by atoms with Gasteiger partial charge in [0.15, 0.2) is 5.82 Å². The number of aryl methyl sites for hydroxylation is 1. The second-order valence-electron chi connectivity index (χ2n) is 5.40. The van der Waals surface area contributed by atoms with Crippen molar-refractivity contribution in [2.75, 3.05) is 12.8 Å². The van der Waals surface area contributed by atoms with Gasteiger partial charge < -0.3 is 10.5 Å². The van der Waals surface area contributed by atoms with Crippen LogP contribution in [0.1, 0.15) is 30.9 Å². The molecule has 0 radical (unpaired) electrons. The summed E-state index contributed by atoms with van der Waals surface area (Å²) in [6.45, 7) is 2.02. The highest BCUT2D eigenvalue weighted by atomic mass is 16.5. The van der Waals surface area contributed by atoms with E-state index in [4.69, 9.17) is 10.5 Å². The third kappa shape index (κ3) is 2.38. The van der Waals surface area contributed by atoms with Crippen molar-refractivity contribution in [1.29, 1.82) is 0 Å². The van der Waals surface area contributed by atoms with E-state index in [-0.39, 0.29) is 0 Å². The Bertz CT molecular complexity index is 589. The molecule has 106 valence electrons. The lowest BCUT2D eigenvalue weighted by atomic mass is 10.1. The van der Waals surface area contributed by atoms with Gasteiger partial charge in [-0.15, -0.1) is 5.10 Å². The molecule has 1 aliphatic carbocycles. The summed E-state index contributed by atoms with van der Waals surface area (Å²) in [6, 6.07) is 6.21. The van der Waals surface area contributed by atoms with Crippen LogP contribution >= 0.6 is 0 Å². The third-order valence-corrected chi connectivity index (χ3v) is 3.89. The molecule has 2 aromatic rings. The van der Waals surface area contributed by atoms with Crippen molar-refractivity contribution in [1.82, 2.24) is 20.2 Å². The molecule has 0 bridgehead atoms. The molecule has 0 saturated heterocycles. The molecule has 2 N–H and O–H groups in total. The summed E-state index contributed by atoms with van der Waals surface area (Å²) in [4.78, 5) is 0. The van der Waals surface area contributed by atoms with Gasteiger partial charge in [0.2, 0.25) is 0 Å². The molecule has 0 amide bonds. The number of hydrogen-bond donors (Lipinski definition) is 1. The van der Waals surface area contributed by atoms with Crippen molar-refractivity contribution in [2.24, 2.45) is 0 Å². The van der Waals surface area contributed by atoms with E-state index in [9.17, 15) is 0 Å². The molecule has 1 saturated carbocycles. The van der Waals surface area contributed by atoms with Crippen molar-refractivity contribution in [3.05, 3.63) is 23.8 Å². The minimum absolute atomic E-state index is 0.298. The van der Waals surface area contributed by atoms with Gasteiger partial charge in [0, 0.05) is 18.4 Å². The largest absolute Gasteiger partial charge is 0.399 e. The lowest BCUT2D eigenvalue weighted by Gasteiger charge is -2.13. The Labute approximate surface area is 117 Å². The number of benzene rings is 1. The average molecular weight is 273 g/mol. The Balaban J connectivity index is 1.94. The summed E-state index contributed by atoms with van der Waals surface area (Å²) in [5.74, 6) is 0.780. The van der Waals surface area contributed by atoms with Crippen LogP contribution in [0.15, 0.2) is 18.2 Å². The number of nitrogens with zero attached hydrogens (tertiary/aromatic N) is 4. The number of tetrazole rings is 1. The van der Waals surface area contributed by atoms with E-state index in [0.717, 1.165) is 41.9 Å². The quantitative estimate of drug-likeness (QED) is 0.865. The summed E-state index contributed by atoms with van der Waals surface area (Å²) in [6.07, 6.45) is 3.35. The predicted molar refractivity (Wildman–Crippen MR) is 76.1 cm³/mol. The maximum Gasteiger partial charge on any atom is 0.182 e. The number of anilines is 1. The van der Waals surface area contributed by atoms with Gasteiger partial charge in [-0.3, -0.25) is 0 Å². The van der Waals surface area contributed by atoms with Crippen molar-refractivity contribution >= 4 is 5.69 Å². The van der Waals surface area contributed by atoms with Gasteiger partial charge in [-0.1, -0.05) is 0 Å². The molecular formula is C14H19N5O. The molecule has 2 unspecified atom stereocenters. The number of nitrogen functional groups attached to an aromatic ring is 1. The first-order valence-corrected chi connectivity index (χ1v) is 6.85. The van der Waals surface area contributed by atoms with E-state index in [1.165, 1.54) is 0 Å². The topological polar surface area (TPSA) is 78.8 Å². The van der Waals surface area contributed by atoms with Crippen molar-refractivity contribution in [3.63, 3.8) is 0 Å². The van der Waals surface area contributed by atoms with Crippen LogP contribution in [0.5, 0.6) is 0 Å². The summed E-state index contributed by atoms with van der Waals surface area (Å²) in [5, 5.41) is 12.2. The normalized spacial score (nSPS) is 22.3. The molecule has 1 fully saturated rings. The number of methoxy groups -OCH3 is 1. The first-order valence-electron chi connectivity index (χ1n) is 6.85. The molecule has 2 atom stereocenters. The molecule has 1 aromatic heterocycles. The van der Waals surface area contributed by atoms with Gasteiger partial charge in [0.05, 0.1) is 12.1 Å². The molecule has 3 rings (SSSR count). The van der Waals surface area contributed by atoms with Gasteiger partial charge in [-0.05, 0) is 60.4 Å². The Morgan fingerprint density at radius 1 is 1.30 bits per heavy atom. The Kier molecular flexibility index (Phi) is 3.40. The van der Waals surface area contributed by atoms with Gasteiger partial charge in [-0.2, -0.15) is 0 Å². The van der Waals surface area contributed by atoms with E-state index in [1.807, 2.05) is 23.7 Å². The second kappa shape index (κ2) is 5.20. The zero-order valence-corrected chi connectivity index (χ0v) is 11.8. The molecule has 20 heavy (non-hydrogen) atoms. The number of aromatic nitrogens is 4. The summed E-state index contributed by atoms with van der Waals surface area (Å²) < 4.78 is 7.33. The van der Waals surface area contributed by atoms with E-state index in [1.54, 1.807) is 7.11 Å². The Hall–Kier alpha value is -1.95. The van der Waals surface area contributed by atoms with Crippen LogP contribution in [-0.4, -0.2) is 33.4 Å². The van der Waals surface area contributed by atoms with E-state index in [2.05, 4.69) is 21.6 Å². The SMILES string of the molecule is COC1CCC(n2nnnc2-c2cc(C)cc(N)c2)C1. The van der Waals surface area contributed by atoms with Crippen molar-refractivity contribution in [2.45, 2.75) is 38.3 Å². The molecule has 1 aliphatic rings. The van der Waals surface area contributed by atoms with Gasteiger partial charge in [0.1, 0.15) is 0 Å². The Morgan fingerprint density at radius 2 is 2.15 bits per heavy atom. The maximum atomic E-state index is 5.91. The fourth-order valence-electron chi connectivity index (χ4n) is 2.93. The highest BCUT2D eigenvalue weighted by Crippen LogP contribution is 2.33. The number of rotatable bonds is 3. The minimum atomic E-state index is 0.298. The van der Waals surface area contributed by atoms with Gasteiger partial charge in [-0.25, -0.2) is 4.68 Å². The van der Waals surface area contributed by atoms with Crippen LogP contribution in [0, 0.1) is 6.92 Å². The zero-order valence-electron chi connectivity index (χ0n) is 11.8. The van der Waals surface area contributed by atoms with Crippen LogP contribution in [0.4, 0.5) is 5.69 Å². The van der Waals surface area contributed by atoms with Gasteiger partial charge >= 0.3 is 0 Å². The summed E-state index contributed by atoms with van der Waals surface area (Å²) in [7, 11) is 1.76. The molecule has 6 nitrogen and oxygen atoms in total. The monoisotopic (exact) mass is 273 g/mol. The summed E-state index contributed by atoms with van der Waals surface area (Å²) in [5.41, 5.74) is 8.72. The van der Waals surface area contributed by atoms with Gasteiger partial charge in [0.25, 0.3) is 0 Å². The number of nitrogens with two attached hydrogens (primary N) is 1. The molecule has 0 spiro atoms. The fraction of sp³-hybridized carbons (Fsp3) is 0.500. The van der Waals surface area contributed by atoms with Crippen molar-refractivity contribution in [3.8, 4) is 11.4 Å².